The van der Waals surface area contributed by atoms with Crippen molar-refractivity contribution < 1.29 is 22.6 Å². The van der Waals surface area contributed by atoms with Crippen molar-refractivity contribution in [2.45, 2.75) is 6.18 Å². The molecule has 3 nitrogen and oxygen atoms in total. The lowest BCUT2D eigenvalue weighted by Crippen LogP contribution is -2.20. The van der Waals surface area contributed by atoms with Gasteiger partial charge in [0.15, 0.2) is 12.4 Å². The Morgan fingerprint density at radius 1 is 1.00 bits per heavy atom. The summed E-state index contributed by atoms with van der Waals surface area (Å²) in [5.74, 6) is 0.527. The van der Waals surface area contributed by atoms with Crippen LogP contribution in [0.2, 0.25) is 0 Å². The lowest BCUT2D eigenvalue weighted by Gasteiger charge is -2.16. The fourth-order valence-electron chi connectivity index (χ4n) is 1.95. The first-order chi connectivity index (χ1) is 9.92. The van der Waals surface area contributed by atoms with E-state index in [2.05, 4.69) is 0 Å². The van der Waals surface area contributed by atoms with Crippen LogP contribution in [0.4, 0.5) is 18.9 Å². The van der Waals surface area contributed by atoms with Gasteiger partial charge in [-0.25, -0.2) is 0 Å². The van der Waals surface area contributed by atoms with E-state index in [0.29, 0.717) is 16.9 Å². The van der Waals surface area contributed by atoms with Gasteiger partial charge >= 0.3 is 6.18 Å². The van der Waals surface area contributed by atoms with Crippen molar-refractivity contribution >= 4 is 5.69 Å². The molecule has 2 N–H and O–H groups in total. The minimum atomic E-state index is -4.43. The third kappa shape index (κ3) is 3.59. The molecule has 21 heavy (non-hydrogen) atoms. The van der Waals surface area contributed by atoms with Gasteiger partial charge in [-0.15, -0.1) is 0 Å². The number of methoxy groups -OCH3 is 1. The van der Waals surface area contributed by atoms with E-state index < -0.39 is 12.8 Å². The number of ether oxygens (including phenoxy) is 2. The molecule has 0 amide bonds. The van der Waals surface area contributed by atoms with E-state index in [0.717, 1.165) is 0 Å². The molecule has 112 valence electrons. The van der Waals surface area contributed by atoms with Crippen LogP contribution in [0.3, 0.4) is 0 Å². The number of halogens is 3. The molecule has 6 heteroatoms. The summed E-state index contributed by atoms with van der Waals surface area (Å²) in [6.45, 7) is -1.40. The molecule has 0 aromatic heterocycles. The van der Waals surface area contributed by atoms with Gasteiger partial charge < -0.3 is 15.2 Å². The molecule has 2 aromatic rings. The summed E-state index contributed by atoms with van der Waals surface area (Å²) in [6, 6.07) is 11.8. The Bertz CT molecular complexity index is 627. The summed E-state index contributed by atoms with van der Waals surface area (Å²) in [5, 5.41) is 0. The molecule has 0 aliphatic carbocycles. The third-order valence-electron chi connectivity index (χ3n) is 2.82. The molecule has 0 aliphatic rings. The zero-order valence-electron chi connectivity index (χ0n) is 11.3. The van der Waals surface area contributed by atoms with Gasteiger partial charge in [0.25, 0.3) is 0 Å². The molecular weight excluding hydrogens is 283 g/mol. The van der Waals surface area contributed by atoms with Crippen LogP contribution < -0.4 is 15.2 Å². The lowest BCUT2D eigenvalue weighted by atomic mass is 10.0. The maximum Gasteiger partial charge on any atom is 0.422 e. The standard InChI is InChI=1S/C15H14F3NO2/c1-20-13-8-3-2-5-10(13)11-6-4-7-12(19)14(11)21-9-15(16,17)18/h2-8H,9,19H2,1H3. The van der Waals surface area contributed by atoms with Crippen LogP contribution in [0.15, 0.2) is 42.5 Å². The van der Waals surface area contributed by atoms with E-state index in [-0.39, 0.29) is 11.4 Å². The number of rotatable bonds is 4. The highest BCUT2D eigenvalue weighted by Gasteiger charge is 2.29. The number of hydrogen-bond donors (Lipinski definition) is 1. The number of hydrogen-bond acceptors (Lipinski definition) is 3. The highest BCUT2D eigenvalue weighted by atomic mass is 19.4. The summed E-state index contributed by atoms with van der Waals surface area (Å²) in [6.07, 6.45) is -4.43. The first kappa shape index (κ1) is 15.0. The van der Waals surface area contributed by atoms with E-state index in [1.165, 1.54) is 13.2 Å². The van der Waals surface area contributed by atoms with Crippen molar-refractivity contribution in [2.24, 2.45) is 0 Å². The topological polar surface area (TPSA) is 44.5 Å². The van der Waals surface area contributed by atoms with Crippen molar-refractivity contribution in [1.29, 1.82) is 0 Å². The highest BCUT2D eigenvalue weighted by molar-refractivity contribution is 5.80. The van der Waals surface area contributed by atoms with E-state index in [1.54, 1.807) is 36.4 Å². The zero-order chi connectivity index (χ0) is 15.5. The first-order valence-electron chi connectivity index (χ1n) is 6.14. The summed E-state index contributed by atoms with van der Waals surface area (Å²) in [4.78, 5) is 0. The van der Waals surface area contributed by atoms with Gasteiger partial charge in [-0.1, -0.05) is 30.3 Å². The van der Waals surface area contributed by atoms with Crippen molar-refractivity contribution in [3.05, 3.63) is 42.5 Å². The zero-order valence-corrected chi connectivity index (χ0v) is 11.3. The molecule has 0 atom stereocenters. The molecule has 0 spiro atoms. The van der Waals surface area contributed by atoms with Crippen LogP contribution in [-0.2, 0) is 0 Å². The van der Waals surface area contributed by atoms with Gasteiger partial charge in [-0.3, -0.25) is 0 Å². The third-order valence-corrected chi connectivity index (χ3v) is 2.82. The number of anilines is 1. The molecule has 0 bridgehead atoms. The Morgan fingerprint density at radius 2 is 1.67 bits per heavy atom. The van der Waals surface area contributed by atoms with Crippen LogP contribution >= 0.6 is 0 Å². The largest absolute Gasteiger partial charge is 0.496 e. The Kier molecular flexibility index (Phi) is 4.26. The predicted octanol–water partition coefficient (Wildman–Crippen LogP) is 3.89. The van der Waals surface area contributed by atoms with Gasteiger partial charge in [0, 0.05) is 11.1 Å². The Morgan fingerprint density at radius 3 is 2.33 bits per heavy atom. The quantitative estimate of drug-likeness (QED) is 0.871. The summed E-state index contributed by atoms with van der Waals surface area (Å²) in [7, 11) is 1.49. The first-order valence-corrected chi connectivity index (χ1v) is 6.14. The van der Waals surface area contributed by atoms with Crippen molar-refractivity contribution in [3.63, 3.8) is 0 Å². The molecule has 2 aromatic carbocycles. The van der Waals surface area contributed by atoms with Crippen LogP contribution in [0, 0.1) is 0 Å². The van der Waals surface area contributed by atoms with E-state index in [1.807, 2.05) is 0 Å². The predicted molar refractivity (Wildman–Crippen MR) is 74.4 cm³/mol. The molecule has 0 aliphatic heterocycles. The van der Waals surface area contributed by atoms with Crippen molar-refractivity contribution in [3.8, 4) is 22.6 Å². The van der Waals surface area contributed by atoms with Gasteiger partial charge in [0.2, 0.25) is 0 Å². The number of alkyl halides is 3. The van der Waals surface area contributed by atoms with Gasteiger partial charge in [-0.2, -0.15) is 13.2 Å². The second-order valence-electron chi connectivity index (χ2n) is 4.33. The lowest BCUT2D eigenvalue weighted by molar-refractivity contribution is -0.153. The van der Waals surface area contributed by atoms with Crippen LogP contribution in [0.5, 0.6) is 11.5 Å². The van der Waals surface area contributed by atoms with Gasteiger partial charge in [0.05, 0.1) is 12.8 Å². The summed E-state index contributed by atoms with van der Waals surface area (Å²) < 4.78 is 47.2. The van der Waals surface area contributed by atoms with E-state index in [9.17, 15) is 13.2 Å². The van der Waals surface area contributed by atoms with Crippen molar-refractivity contribution in [1.82, 2.24) is 0 Å². The monoisotopic (exact) mass is 297 g/mol. The van der Waals surface area contributed by atoms with Gasteiger partial charge in [-0.05, 0) is 12.1 Å². The number of benzene rings is 2. The molecular formula is C15H14F3NO2. The maximum absolute atomic E-state index is 12.4. The normalized spacial score (nSPS) is 11.2. The SMILES string of the molecule is COc1ccccc1-c1cccc(N)c1OCC(F)(F)F. The average molecular weight is 297 g/mol. The minimum Gasteiger partial charge on any atom is -0.496 e. The fraction of sp³-hybridized carbons (Fsp3) is 0.200. The molecule has 0 radical (unpaired) electrons. The average Bonchev–Trinajstić information content (AvgIpc) is 2.44. The second kappa shape index (κ2) is 5.95. The van der Waals surface area contributed by atoms with Gasteiger partial charge in [0.1, 0.15) is 5.75 Å². The number of nitrogen functional groups attached to an aromatic ring is 1. The van der Waals surface area contributed by atoms with Crippen LogP contribution in [0.25, 0.3) is 11.1 Å². The molecule has 0 saturated carbocycles. The van der Waals surface area contributed by atoms with Crippen LogP contribution in [0.1, 0.15) is 0 Å². The molecule has 2 rings (SSSR count). The van der Waals surface area contributed by atoms with Crippen LogP contribution in [-0.4, -0.2) is 19.9 Å². The minimum absolute atomic E-state index is 0.000625. The Labute approximate surface area is 120 Å². The Hall–Kier alpha value is -2.37. The van der Waals surface area contributed by atoms with Crippen molar-refractivity contribution in [2.75, 3.05) is 19.5 Å². The smallest absolute Gasteiger partial charge is 0.422 e. The maximum atomic E-state index is 12.4. The molecule has 0 heterocycles. The summed E-state index contributed by atoms with van der Waals surface area (Å²) in [5.41, 5.74) is 6.96. The molecule has 0 fully saturated rings. The molecule has 0 unspecified atom stereocenters. The highest BCUT2D eigenvalue weighted by Crippen LogP contribution is 2.39. The van der Waals surface area contributed by atoms with E-state index >= 15 is 0 Å². The number of para-hydroxylation sites is 2. The Balaban J connectivity index is 2.46. The van der Waals surface area contributed by atoms with E-state index in [4.69, 9.17) is 15.2 Å². The fourth-order valence-corrected chi connectivity index (χ4v) is 1.95. The molecule has 0 saturated heterocycles. The number of nitrogens with two attached hydrogens (primary N) is 1. The second-order valence-corrected chi connectivity index (χ2v) is 4.33. The summed E-state index contributed by atoms with van der Waals surface area (Å²) >= 11 is 0.